The summed E-state index contributed by atoms with van der Waals surface area (Å²) >= 11 is 0. The maximum Gasteiger partial charge on any atom is 0.0394 e. The summed E-state index contributed by atoms with van der Waals surface area (Å²) in [6, 6.07) is 0. The molecule has 0 aromatic carbocycles. The Balaban J connectivity index is 2.23. The van der Waals surface area contributed by atoms with Gasteiger partial charge >= 0.3 is 0 Å². The molecule has 0 spiro atoms. The highest BCUT2D eigenvalue weighted by Gasteiger charge is 2.22. The first-order valence-electron chi connectivity index (χ1n) is 4.66. The second-order valence-electron chi connectivity index (χ2n) is 3.48. The highest BCUT2D eigenvalue weighted by Crippen LogP contribution is 2.37. The van der Waals surface area contributed by atoms with Crippen molar-refractivity contribution in [1.82, 2.24) is 0 Å². The van der Waals surface area contributed by atoms with Gasteiger partial charge < -0.3 is 0 Å². The molecular formula is C10H15N. The topological polar surface area (TPSA) is 12.4 Å². The highest BCUT2D eigenvalue weighted by molar-refractivity contribution is 5.62. The average molecular weight is 149 g/mol. The van der Waals surface area contributed by atoms with Gasteiger partial charge in [0.15, 0.2) is 0 Å². The van der Waals surface area contributed by atoms with Gasteiger partial charge in [0.2, 0.25) is 0 Å². The van der Waals surface area contributed by atoms with Crippen molar-refractivity contribution in [2.45, 2.75) is 39.0 Å². The number of hydrogen-bond donors (Lipinski definition) is 0. The zero-order chi connectivity index (χ0) is 7.68. The van der Waals surface area contributed by atoms with Crippen LogP contribution < -0.4 is 0 Å². The van der Waals surface area contributed by atoms with Crippen molar-refractivity contribution in [2.75, 3.05) is 0 Å². The van der Waals surface area contributed by atoms with E-state index in [9.17, 15) is 0 Å². The first kappa shape index (κ1) is 7.08. The van der Waals surface area contributed by atoms with E-state index in [1.165, 1.54) is 37.8 Å². The van der Waals surface area contributed by atoms with E-state index in [0.717, 1.165) is 5.92 Å². The van der Waals surface area contributed by atoms with Crippen LogP contribution in [0.15, 0.2) is 16.3 Å². The van der Waals surface area contributed by atoms with Gasteiger partial charge in [0.25, 0.3) is 0 Å². The molecule has 60 valence electrons. The lowest BCUT2D eigenvalue weighted by Gasteiger charge is -2.18. The molecule has 11 heavy (non-hydrogen) atoms. The van der Waals surface area contributed by atoms with Gasteiger partial charge in [-0.3, -0.25) is 4.99 Å². The van der Waals surface area contributed by atoms with Gasteiger partial charge in [-0.1, -0.05) is 6.92 Å². The molecule has 2 rings (SSSR count). The van der Waals surface area contributed by atoms with E-state index in [4.69, 9.17) is 0 Å². The fourth-order valence-electron chi connectivity index (χ4n) is 2.18. The third kappa shape index (κ3) is 1.13. The number of rotatable bonds is 1. The summed E-state index contributed by atoms with van der Waals surface area (Å²) < 4.78 is 0. The minimum atomic E-state index is 0.838. The summed E-state index contributed by atoms with van der Waals surface area (Å²) in [6.45, 7) is 2.28. The molecule has 1 aliphatic heterocycles. The molecule has 0 aromatic rings. The predicted octanol–water partition coefficient (Wildman–Crippen LogP) is 2.93. The zero-order valence-electron chi connectivity index (χ0n) is 7.14. The van der Waals surface area contributed by atoms with Crippen LogP contribution in [0.2, 0.25) is 0 Å². The van der Waals surface area contributed by atoms with Gasteiger partial charge in [-0.05, 0) is 43.6 Å². The van der Waals surface area contributed by atoms with Crippen molar-refractivity contribution >= 4 is 6.21 Å². The Labute approximate surface area is 68.2 Å². The lowest BCUT2D eigenvalue weighted by Crippen LogP contribution is -2.07. The van der Waals surface area contributed by atoms with Crippen molar-refractivity contribution in [3.05, 3.63) is 11.3 Å². The molecule has 0 bridgehead atoms. The van der Waals surface area contributed by atoms with Crippen LogP contribution in [0, 0.1) is 5.92 Å². The molecule has 0 fully saturated rings. The fraction of sp³-hybridized carbons (Fsp3) is 0.700. The first-order valence-corrected chi connectivity index (χ1v) is 4.66. The summed E-state index contributed by atoms with van der Waals surface area (Å²) in [6.07, 6.45) is 8.50. The van der Waals surface area contributed by atoms with E-state index in [0.29, 0.717) is 0 Å². The summed E-state index contributed by atoms with van der Waals surface area (Å²) in [5, 5.41) is 0. The number of nitrogens with zero attached hydrogens (tertiary/aromatic N) is 1. The summed E-state index contributed by atoms with van der Waals surface area (Å²) in [4.78, 5) is 4.44. The van der Waals surface area contributed by atoms with Crippen molar-refractivity contribution in [3.63, 3.8) is 0 Å². The molecule has 2 aliphatic rings. The molecule has 1 nitrogen and oxygen atoms in total. The van der Waals surface area contributed by atoms with E-state index in [2.05, 4.69) is 18.1 Å². The Morgan fingerprint density at radius 1 is 1.55 bits per heavy atom. The maximum absolute atomic E-state index is 4.44. The van der Waals surface area contributed by atoms with Crippen molar-refractivity contribution in [1.29, 1.82) is 0 Å². The maximum atomic E-state index is 4.44. The largest absolute Gasteiger partial charge is 0.266 e. The van der Waals surface area contributed by atoms with Gasteiger partial charge in [0, 0.05) is 11.9 Å². The van der Waals surface area contributed by atoms with E-state index in [1.54, 1.807) is 5.57 Å². The molecule has 1 atom stereocenters. The van der Waals surface area contributed by atoms with Crippen molar-refractivity contribution < 1.29 is 0 Å². The quantitative estimate of drug-likeness (QED) is 0.543. The van der Waals surface area contributed by atoms with Gasteiger partial charge in [0.1, 0.15) is 0 Å². The lowest BCUT2D eigenvalue weighted by molar-refractivity contribution is 0.593. The van der Waals surface area contributed by atoms with Gasteiger partial charge in [-0.2, -0.15) is 0 Å². The molecule has 0 N–H and O–H groups in total. The molecule has 0 aromatic heterocycles. The van der Waals surface area contributed by atoms with Crippen LogP contribution in [0.5, 0.6) is 0 Å². The van der Waals surface area contributed by atoms with E-state index in [1.807, 2.05) is 0 Å². The molecule has 0 radical (unpaired) electrons. The van der Waals surface area contributed by atoms with Gasteiger partial charge in [0.05, 0.1) is 0 Å². The molecule has 0 amide bonds. The Morgan fingerprint density at radius 2 is 2.45 bits per heavy atom. The normalized spacial score (nSPS) is 29.4. The van der Waals surface area contributed by atoms with E-state index >= 15 is 0 Å². The van der Waals surface area contributed by atoms with E-state index in [-0.39, 0.29) is 0 Å². The van der Waals surface area contributed by atoms with Crippen LogP contribution in [0.1, 0.15) is 39.0 Å². The minimum absolute atomic E-state index is 0.838. The fourth-order valence-corrected chi connectivity index (χ4v) is 2.18. The minimum Gasteiger partial charge on any atom is -0.266 e. The predicted molar refractivity (Wildman–Crippen MR) is 47.8 cm³/mol. The Kier molecular flexibility index (Phi) is 1.80. The van der Waals surface area contributed by atoms with E-state index < -0.39 is 0 Å². The third-order valence-electron chi connectivity index (χ3n) is 2.85. The summed E-state index contributed by atoms with van der Waals surface area (Å²) in [7, 11) is 0. The standard InChI is InChI=1S/C10H15N/c1-2-8-6-7-11-10-5-3-4-9(8)10/h7-8H,2-6H2,1H3. The first-order chi connectivity index (χ1) is 5.42. The smallest absolute Gasteiger partial charge is 0.0394 e. The molecular weight excluding hydrogens is 134 g/mol. The molecule has 1 heterocycles. The molecule has 0 saturated carbocycles. The summed E-state index contributed by atoms with van der Waals surface area (Å²) in [5.74, 6) is 0.838. The zero-order valence-corrected chi connectivity index (χ0v) is 7.14. The molecule has 1 heteroatoms. The Morgan fingerprint density at radius 3 is 3.27 bits per heavy atom. The van der Waals surface area contributed by atoms with Crippen molar-refractivity contribution in [3.8, 4) is 0 Å². The molecule has 0 saturated heterocycles. The van der Waals surface area contributed by atoms with Crippen LogP contribution in [0.4, 0.5) is 0 Å². The van der Waals surface area contributed by atoms with Gasteiger partial charge in [-0.25, -0.2) is 0 Å². The van der Waals surface area contributed by atoms with Crippen LogP contribution in [-0.4, -0.2) is 6.21 Å². The lowest BCUT2D eigenvalue weighted by atomic mass is 9.91. The monoisotopic (exact) mass is 149 g/mol. The molecule has 1 aliphatic carbocycles. The second-order valence-corrected chi connectivity index (χ2v) is 3.48. The van der Waals surface area contributed by atoms with Crippen molar-refractivity contribution in [2.24, 2.45) is 10.9 Å². The Hall–Kier alpha value is -0.590. The average Bonchev–Trinajstić information content (AvgIpc) is 2.50. The Bertz CT molecular complexity index is 213. The molecule has 1 unspecified atom stereocenters. The second kappa shape index (κ2) is 2.80. The van der Waals surface area contributed by atoms with Crippen LogP contribution in [0.25, 0.3) is 0 Å². The SMILES string of the molecule is CCC1CC=NC2=C1CCC2. The van der Waals surface area contributed by atoms with Crippen LogP contribution in [-0.2, 0) is 0 Å². The number of aliphatic imine (C=N–C) groups is 1. The number of allylic oxidation sites excluding steroid dienone is 2. The highest BCUT2D eigenvalue weighted by atomic mass is 14.8. The van der Waals surface area contributed by atoms with Crippen LogP contribution in [0.3, 0.4) is 0 Å². The van der Waals surface area contributed by atoms with Gasteiger partial charge in [-0.15, -0.1) is 0 Å². The summed E-state index contributed by atoms with van der Waals surface area (Å²) in [5.41, 5.74) is 3.10. The third-order valence-corrected chi connectivity index (χ3v) is 2.85. The van der Waals surface area contributed by atoms with Crippen LogP contribution >= 0.6 is 0 Å². The number of hydrogen-bond acceptors (Lipinski definition) is 1.